The number of nitrogens with one attached hydrogen (secondary N) is 1. The van der Waals surface area contributed by atoms with Crippen LogP contribution in [0.1, 0.15) is 29.2 Å². The lowest BCUT2D eigenvalue weighted by atomic mass is 10.0. The number of barbiturate groups is 1. The average Bonchev–Trinajstić information content (AvgIpc) is 2.92. The van der Waals surface area contributed by atoms with Crippen LogP contribution in [0.4, 0.5) is 10.5 Å². The predicted molar refractivity (Wildman–Crippen MR) is 164 cm³/mol. The SMILES string of the molecule is CCOc1cc(/C=C2\C(=O)NC(=O)N(c3ccc(C)c(C)c3)C2=O)cc(I)c1OCc1cccc2ccccc12. The largest absolute Gasteiger partial charge is 0.490 e. The summed E-state index contributed by atoms with van der Waals surface area (Å²) in [5.74, 6) is -0.378. The van der Waals surface area contributed by atoms with Gasteiger partial charge in [-0.2, -0.15) is 0 Å². The normalized spacial score (nSPS) is 14.6. The molecule has 0 bridgehead atoms. The fourth-order valence-electron chi connectivity index (χ4n) is 4.57. The minimum Gasteiger partial charge on any atom is -0.490 e. The lowest BCUT2D eigenvalue weighted by Crippen LogP contribution is -2.54. The number of fused-ring (bicyclic) bond motifs is 1. The Morgan fingerprint density at radius 2 is 1.68 bits per heavy atom. The molecule has 0 spiro atoms. The van der Waals surface area contributed by atoms with E-state index in [4.69, 9.17) is 9.47 Å². The summed E-state index contributed by atoms with van der Waals surface area (Å²) in [7, 11) is 0. The molecule has 0 atom stereocenters. The number of ether oxygens (including phenoxy) is 2. The van der Waals surface area contributed by atoms with Gasteiger partial charge in [0.1, 0.15) is 12.2 Å². The van der Waals surface area contributed by atoms with Crippen LogP contribution in [0.5, 0.6) is 11.5 Å². The monoisotopic (exact) mass is 646 g/mol. The van der Waals surface area contributed by atoms with E-state index in [0.717, 1.165) is 35.9 Å². The second kappa shape index (κ2) is 11.5. The Bertz CT molecular complexity index is 1690. The van der Waals surface area contributed by atoms with E-state index in [1.54, 1.807) is 18.2 Å². The van der Waals surface area contributed by atoms with Gasteiger partial charge in [0.05, 0.1) is 15.9 Å². The van der Waals surface area contributed by atoms with Gasteiger partial charge in [-0.1, -0.05) is 48.5 Å². The zero-order valence-electron chi connectivity index (χ0n) is 22.3. The minimum absolute atomic E-state index is 0.152. The Labute approximate surface area is 245 Å². The van der Waals surface area contributed by atoms with Gasteiger partial charge in [-0.3, -0.25) is 14.9 Å². The van der Waals surface area contributed by atoms with Gasteiger partial charge in [0.15, 0.2) is 11.5 Å². The first-order valence-electron chi connectivity index (χ1n) is 12.8. The lowest BCUT2D eigenvalue weighted by molar-refractivity contribution is -0.122. The first-order chi connectivity index (χ1) is 19.3. The molecule has 1 heterocycles. The summed E-state index contributed by atoms with van der Waals surface area (Å²) in [5, 5.41) is 4.53. The third-order valence-corrected chi connectivity index (χ3v) is 7.55. The highest BCUT2D eigenvalue weighted by atomic mass is 127. The molecule has 7 nitrogen and oxygen atoms in total. The van der Waals surface area contributed by atoms with Gasteiger partial charge in [0, 0.05) is 0 Å². The molecule has 0 aliphatic carbocycles. The second-order valence-corrected chi connectivity index (χ2v) is 10.6. The van der Waals surface area contributed by atoms with E-state index in [1.165, 1.54) is 6.08 Å². The molecule has 8 heteroatoms. The van der Waals surface area contributed by atoms with Crippen molar-refractivity contribution in [3.8, 4) is 11.5 Å². The second-order valence-electron chi connectivity index (χ2n) is 9.42. The van der Waals surface area contributed by atoms with E-state index in [9.17, 15) is 14.4 Å². The molecule has 1 N–H and O–H groups in total. The number of anilines is 1. The van der Waals surface area contributed by atoms with Crippen LogP contribution in [-0.2, 0) is 16.2 Å². The molecule has 0 radical (unpaired) electrons. The summed E-state index contributed by atoms with van der Waals surface area (Å²) in [6.45, 7) is 6.45. The summed E-state index contributed by atoms with van der Waals surface area (Å²) in [6.07, 6.45) is 1.47. The number of benzene rings is 4. The topological polar surface area (TPSA) is 84.9 Å². The zero-order chi connectivity index (χ0) is 28.4. The van der Waals surface area contributed by atoms with Crippen molar-refractivity contribution >= 4 is 63.0 Å². The van der Waals surface area contributed by atoms with Gasteiger partial charge >= 0.3 is 6.03 Å². The van der Waals surface area contributed by atoms with E-state index < -0.39 is 17.8 Å². The van der Waals surface area contributed by atoms with Crippen molar-refractivity contribution in [2.45, 2.75) is 27.4 Å². The number of aryl methyl sites for hydroxylation is 2. The van der Waals surface area contributed by atoms with E-state index >= 15 is 0 Å². The molecule has 1 aliphatic rings. The maximum absolute atomic E-state index is 13.4. The van der Waals surface area contributed by atoms with Crippen molar-refractivity contribution in [3.63, 3.8) is 0 Å². The van der Waals surface area contributed by atoms with E-state index in [1.807, 2.05) is 57.2 Å². The number of hydrogen-bond donors (Lipinski definition) is 1. The molecule has 4 aromatic rings. The van der Waals surface area contributed by atoms with Crippen molar-refractivity contribution in [2.75, 3.05) is 11.5 Å². The molecule has 1 fully saturated rings. The number of halogens is 1. The molecule has 0 aromatic heterocycles. The quantitative estimate of drug-likeness (QED) is 0.137. The molecule has 0 saturated carbocycles. The zero-order valence-corrected chi connectivity index (χ0v) is 24.4. The molecule has 0 unspecified atom stereocenters. The van der Waals surface area contributed by atoms with Crippen molar-refractivity contribution in [1.82, 2.24) is 5.32 Å². The fourth-order valence-corrected chi connectivity index (χ4v) is 5.35. The maximum atomic E-state index is 13.4. The molecule has 202 valence electrons. The fraction of sp³-hybridized carbons (Fsp3) is 0.156. The van der Waals surface area contributed by atoms with E-state index in [0.29, 0.717) is 36.0 Å². The summed E-state index contributed by atoms with van der Waals surface area (Å²) < 4.78 is 12.9. The smallest absolute Gasteiger partial charge is 0.335 e. The number of urea groups is 1. The van der Waals surface area contributed by atoms with Gasteiger partial charge in [0.2, 0.25) is 0 Å². The lowest BCUT2D eigenvalue weighted by Gasteiger charge is -2.27. The molecule has 1 aliphatic heterocycles. The van der Waals surface area contributed by atoms with Crippen LogP contribution < -0.4 is 19.7 Å². The van der Waals surface area contributed by atoms with E-state index in [-0.39, 0.29) is 5.57 Å². The van der Waals surface area contributed by atoms with Crippen LogP contribution in [0.3, 0.4) is 0 Å². The summed E-state index contributed by atoms with van der Waals surface area (Å²) in [6, 6.07) is 22.3. The highest BCUT2D eigenvalue weighted by Crippen LogP contribution is 2.36. The first-order valence-corrected chi connectivity index (χ1v) is 13.9. The third-order valence-electron chi connectivity index (χ3n) is 6.75. The van der Waals surface area contributed by atoms with Crippen LogP contribution in [0.15, 0.2) is 78.4 Å². The van der Waals surface area contributed by atoms with Crippen LogP contribution in [0.2, 0.25) is 0 Å². The molecular weight excluding hydrogens is 619 g/mol. The van der Waals surface area contributed by atoms with E-state index in [2.05, 4.69) is 46.1 Å². The Hall–Kier alpha value is -4.18. The van der Waals surface area contributed by atoms with Crippen molar-refractivity contribution < 1.29 is 23.9 Å². The van der Waals surface area contributed by atoms with Crippen molar-refractivity contribution in [1.29, 1.82) is 0 Å². The minimum atomic E-state index is -0.780. The number of hydrogen-bond acceptors (Lipinski definition) is 5. The summed E-state index contributed by atoms with van der Waals surface area (Å²) in [4.78, 5) is 39.7. The molecule has 4 amide bonds. The maximum Gasteiger partial charge on any atom is 0.335 e. The summed E-state index contributed by atoms with van der Waals surface area (Å²) in [5.41, 5.74) is 3.81. The van der Waals surface area contributed by atoms with Gasteiger partial charge in [-0.05, 0) is 107 Å². The van der Waals surface area contributed by atoms with Gasteiger partial charge in [-0.25, -0.2) is 9.69 Å². The standard InChI is InChI=1S/C32H27IN2O5/c1-4-39-28-17-21(16-27(33)29(28)40-18-23-10-7-9-22-8-5-6-11-25(22)23)15-26-30(36)34-32(38)35(31(26)37)24-13-12-19(2)20(3)14-24/h5-17H,4,18H2,1-3H3,(H,34,36,38)/b26-15+. The number of imide groups is 2. The van der Waals surface area contributed by atoms with Gasteiger partial charge in [-0.15, -0.1) is 0 Å². The van der Waals surface area contributed by atoms with Gasteiger partial charge < -0.3 is 9.47 Å². The number of carbonyl (C=O) groups excluding carboxylic acids is 3. The molecular formula is C32H27IN2O5. The Morgan fingerprint density at radius 3 is 2.45 bits per heavy atom. The van der Waals surface area contributed by atoms with Crippen molar-refractivity contribution in [2.24, 2.45) is 0 Å². The molecule has 40 heavy (non-hydrogen) atoms. The van der Waals surface area contributed by atoms with Crippen LogP contribution in [0.25, 0.3) is 16.8 Å². The van der Waals surface area contributed by atoms with Gasteiger partial charge in [0.25, 0.3) is 11.8 Å². The number of amides is 4. The molecule has 1 saturated heterocycles. The number of rotatable bonds is 7. The van der Waals surface area contributed by atoms with Crippen molar-refractivity contribution in [3.05, 3.63) is 104 Å². The van der Waals surface area contributed by atoms with Crippen LogP contribution in [-0.4, -0.2) is 24.5 Å². The van der Waals surface area contributed by atoms with Crippen LogP contribution >= 0.6 is 22.6 Å². The third kappa shape index (κ3) is 5.44. The molecule has 5 rings (SSSR count). The highest BCUT2D eigenvalue weighted by Gasteiger charge is 2.37. The Morgan fingerprint density at radius 1 is 0.900 bits per heavy atom. The Balaban J connectivity index is 1.47. The highest BCUT2D eigenvalue weighted by molar-refractivity contribution is 14.1. The molecule has 4 aromatic carbocycles. The number of carbonyl (C=O) groups is 3. The Kier molecular flexibility index (Phi) is 7.88. The number of nitrogens with zero attached hydrogens (tertiary/aromatic N) is 1. The predicted octanol–water partition coefficient (Wildman–Crippen LogP) is 6.71. The van der Waals surface area contributed by atoms with Crippen LogP contribution in [0, 0.1) is 17.4 Å². The summed E-state index contributed by atoms with van der Waals surface area (Å²) >= 11 is 2.16. The first kappa shape index (κ1) is 27.4. The average molecular weight is 646 g/mol.